The molecule has 4 aromatic carbocycles. The quantitative estimate of drug-likeness (QED) is 0.135. The summed E-state index contributed by atoms with van der Waals surface area (Å²) in [5.41, 5.74) is 2.15. The minimum absolute atomic E-state index is 0.132. The van der Waals surface area contributed by atoms with Gasteiger partial charge in [-0.1, -0.05) is 65.7 Å². The largest absolute Gasteiger partial charge is 0.493 e. The topological polar surface area (TPSA) is 103 Å². The lowest BCUT2D eigenvalue weighted by molar-refractivity contribution is -0.122. The van der Waals surface area contributed by atoms with E-state index in [4.69, 9.17) is 42.1 Å². The summed E-state index contributed by atoms with van der Waals surface area (Å²) in [4.78, 5) is 39.4. The number of methoxy groups -OCH3 is 1. The molecule has 0 atom stereocenters. The molecule has 11 heteroatoms. The van der Waals surface area contributed by atoms with E-state index in [1.165, 1.54) is 24.3 Å². The normalized spacial score (nSPS) is 13.9. The number of amides is 4. The first-order valence-corrected chi connectivity index (χ1v) is 14.6. The van der Waals surface area contributed by atoms with E-state index in [2.05, 4.69) is 5.32 Å². The van der Waals surface area contributed by atoms with Crippen molar-refractivity contribution in [3.8, 4) is 23.0 Å². The van der Waals surface area contributed by atoms with Crippen molar-refractivity contribution in [2.45, 2.75) is 20.1 Å². The van der Waals surface area contributed by atoms with Crippen LogP contribution in [0.25, 0.3) is 6.08 Å². The Morgan fingerprint density at radius 3 is 2.29 bits per heavy atom. The Balaban J connectivity index is 1.36. The number of nitrogens with zero attached hydrogens (tertiary/aromatic N) is 1. The number of hydrogen-bond donors (Lipinski definition) is 1. The average molecular weight is 648 g/mol. The lowest BCUT2D eigenvalue weighted by Gasteiger charge is -2.26. The van der Waals surface area contributed by atoms with Gasteiger partial charge in [0.05, 0.1) is 24.4 Å². The molecule has 1 heterocycles. The summed E-state index contributed by atoms with van der Waals surface area (Å²) in [6.07, 6.45) is 1.33. The fraction of sp³-hybridized carbons (Fsp3) is 0.147. The van der Waals surface area contributed by atoms with Gasteiger partial charge < -0.3 is 18.9 Å². The highest BCUT2D eigenvalue weighted by Crippen LogP contribution is 2.39. The number of anilines is 1. The van der Waals surface area contributed by atoms with Crippen LogP contribution in [0, 0.1) is 0 Å². The lowest BCUT2D eigenvalue weighted by atomic mass is 10.1. The third kappa shape index (κ3) is 7.39. The highest BCUT2D eigenvalue weighted by Gasteiger charge is 2.37. The molecule has 1 fully saturated rings. The van der Waals surface area contributed by atoms with Crippen molar-refractivity contribution in [3.63, 3.8) is 0 Å². The van der Waals surface area contributed by atoms with Crippen molar-refractivity contribution in [1.29, 1.82) is 0 Å². The van der Waals surface area contributed by atoms with Gasteiger partial charge in [-0.25, -0.2) is 9.69 Å². The molecule has 0 radical (unpaired) electrons. The Kier molecular flexibility index (Phi) is 9.92. The van der Waals surface area contributed by atoms with Crippen molar-refractivity contribution < 1.29 is 33.3 Å². The summed E-state index contributed by atoms with van der Waals surface area (Å²) in [5.74, 6) is 0.0592. The molecule has 45 heavy (non-hydrogen) atoms. The van der Waals surface area contributed by atoms with Crippen molar-refractivity contribution in [2.24, 2.45) is 0 Å². The van der Waals surface area contributed by atoms with Crippen molar-refractivity contribution in [1.82, 2.24) is 5.32 Å². The van der Waals surface area contributed by atoms with E-state index in [0.717, 1.165) is 16.0 Å². The SMILES string of the molecule is CCOc1cc(/C=C2\C(=O)NC(=O)N(c3cccc(Cl)c3)C2=O)cc(Cl)c1OCc1ccc(OCc2ccccc2)c(OC)c1. The maximum atomic E-state index is 13.3. The van der Waals surface area contributed by atoms with Crippen molar-refractivity contribution >= 4 is 52.8 Å². The maximum Gasteiger partial charge on any atom is 0.335 e. The van der Waals surface area contributed by atoms with E-state index in [1.807, 2.05) is 48.5 Å². The van der Waals surface area contributed by atoms with E-state index in [1.54, 1.807) is 32.2 Å². The van der Waals surface area contributed by atoms with Gasteiger partial charge in [0.25, 0.3) is 11.8 Å². The van der Waals surface area contributed by atoms with Crippen LogP contribution in [0.4, 0.5) is 10.5 Å². The van der Waals surface area contributed by atoms with Crippen LogP contribution < -0.4 is 29.2 Å². The number of benzene rings is 4. The molecule has 0 bridgehead atoms. The van der Waals surface area contributed by atoms with E-state index in [0.29, 0.717) is 41.0 Å². The van der Waals surface area contributed by atoms with Gasteiger partial charge in [0.2, 0.25) is 0 Å². The van der Waals surface area contributed by atoms with Crippen LogP contribution in [0.5, 0.6) is 23.0 Å². The number of hydrogen-bond acceptors (Lipinski definition) is 7. The van der Waals surface area contributed by atoms with Crippen LogP contribution in [0.3, 0.4) is 0 Å². The smallest absolute Gasteiger partial charge is 0.335 e. The lowest BCUT2D eigenvalue weighted by Crippen LogP contribution is -2.54. The zero-order chi connectivity index (χ0) is 31.9. The number of carbonyl (C=O) groups is 3. The van der Waals surface area contributed by atoms with Crippen molar-refractivity contribution in [3.05, 3.63) is 117 Å². The minimum Gasteiger partial charge on any atom is -0.493 e. The minimum atomic E-state index is -0.881. The number of ether oxygens (including phenoxy) is 4. The number of nitrogens with one attached hydrogen (secondary N) is 1. The first-order chi connectivity index (χ1) is 21.8. The van der Waals surface area contributed by atoms with Gasteiger partial charge in [0.15, 0.2) is 23.0 Å². The number of halogens is 2. The second kappa shape index (κ2) is 14.2. The van der Waals surface area contributed by atoms with Crippen LogP contribution in [0.1, 0.15) is 23.6 Å². The van der Waals surface area contributed by atoms with Crippen LogP contribution in [0.2, 0.25) is 10.0 Å². The van der Waals surface area contributed by atoms with Gasteiger partial charge in [0.1, 0.15) is 18.8 Å². The summed E-state index contributed by atoms with van der Waals surface area (Å²) < 4.78 is 23.4. The second-order valence-corrected chi connectivity index (χ2v) is 10.6. The van der Waals surface area contributed by atoms with Gasteiger partial charge in [-0.15, -0.1) is 0 Å². The number of barbiturate groups is 1. The molecule has 9 nitrogen and oxygen atoms in total. The van der Waals surface area contributed by atoms with Gasteiger partial charge in [-0.3, -0.25) is 14.9 Å². The molecule has 1 aliphatic rings. The zero-order valence-corrected chi connectivity index (χ0v) is 25.9. The molecule has 1 N–H and O–H groups in total. The highest BCUT2D eigenvalue weighted by molar-refractivity contribution is 6.39. The molecule has 0 saturated carbocycles. The van der Waals surface area contributed by atoms with E-state index in [9.17, 15) is 14.4 Å². The van der Waals surface area contributed by atoms with Crippen LogP contribution in [-0.2, 0) is 22.8 Å². The molecular weight excluding hydrogens is 619 g/mol. The summed E-state index contributed by atoms with van der Waals surface area (Å²) in [6, 6.07) is 23.7. The first kappa shape index (κ1) is 31.4. The zero-order valence-electron chi connectivity index (χ0n) is 24.3. The number of urea groups is 1. The molecule has 1 aliphatic heterocycles. The second-order valence-electron chi connectivity index (χ2n) is 9.75. The Bertz CT molecular complexity index is 1780. The molecule has 1 saturated heterocycles. The molecule has 0 unspecified atom stereocenters. The first-order valence-electron chi connectivity index (χ1n) is 13.9. The van der Waals surface area contributed by atoms with Gasteiger partial charge in [-0.2, -0.15) is 0 Å². The predicted octanol–water partition coefficient (Wildman–Crippen LogP) is 7.23. The Hall–Kier alpha value is -4.99. The summed E-state index contributed by atoms with van der Waals surface area (Å²) in [5, 5.41) is 2.70. The fourth-order valence-corrected chi connectivity index (χ4v) is 5.02. The highest BCUT2D eigenvalue weighted by atomic mass is 35.5. The fourth-order valence-electron chi connectivity index (χ4n) is 4.56. The van der Waals surface area contributed by atoms with Crippen molar-refractivity contribution in [2.75, 3.05) is 18.6 Å². The Morgan fingerprint density at radius 1 is 0.778 bits per heavy atom. The average Bonchev–Trinajstić information content (AvgIpc) is 3.02. The monoisotopic (exact) mass is 646 g/mol. The summed E-state index contributed by atoms with van der Waals surface area (Å²) >= 11 is 12.7. The Labute approximate surface area is 269 Å². The molecule has 4 aromatic rings. The molecule has 0 aromatic heterocycles. The summed E-state index contributed by atoms with van der Waals surface area (Å²) in [6.45, 7) is 2.62. The third-order valence-corrected chi connectivity index (χ3v) is 7.18. The van der Waals surface area contributed by atoms with Crippen LogP contribution in [0.15, 0.2) is 90.5 Å². The molecule has 0 spiro atoms. The number of carbonyl (C=O) groups excluding carboxylic acids is 3. The summed E-state index contributed by atoms with van der Waals surface area (Å²) in [7, 11) is 1.56. The molecule has 4 amide bonds. The van der Waals surface area contributed by atoms with Gasteiger partial charge >= 0.3 is 6.03 Å². The van der Waals surface area contributed by atoms with Crippen LogP contribution in [-0.4, -0.2) is 31.6 Å². The standard InChI is InChI=1S/C34H28Cl2N2O7/c1-3-43-30-17-23(14-26-32(39)37-34(41)38(33(26)40)25-11-7-10-24(35)18-25)15-27(36)31(30)45-20-22-12-13-28(29(16-22)42-2)44-19-21-8-5-4-6-9-21/h4-18H,3,19-20H2,1-2H3,(H,37,39,41)/b26-14+. The van der Waals surface area contributed by atoms with Gasteiger partial charge in [-0.05, 0) is 72.2 Å². The molecule has 5 rings (SSSR count). The molecule has 230 valence electrons. The van der Waals surface area contributed by atoms with E-state index in [-0.39, 0.29) is 28.6 Å². The van der Waals surface area contributed by atoms with Gasteiger partial charge in [0, 0.05) is 5.02 Å². The predicted molar refractivity (Wildman–Crippen MR) is 171 cm³/mol. The maximum absolute atomic E-state index is 13.3. The molecular formula is C34H28Cl2N2O7. The number of rotatable bonds is 11. The van der Waals surface area contributed by atoms with E-state index >= 15 is 0 Å². The third-order valence-electron chi connectivity index (χ3n) is 6.66. The Morgan fingerprint density at radius 2 is 1.56 bits per heavy atom. The van der Waals surface area contributed by atoms with E-state index < -0.39 is 17.8 Å². The number of imide groups is 2. The van der Waals surface area contributed by atoms with Crippen LogP contribution >= 0.6 is 23.2 Å². The molecule has 0 aliphatic carbocycles.